The fourth-order valence-corrected chi connectivity index (χ4v) is 1.88. The van der Waals surface area contributed by atoms with Crippen LogP contribution >= 0.6 is 0 Å². The Bertz CT molecular complexity index is 356. The van der Waals surface area contributed by atoms with Crippen LogP contribution in [0, 0.1) is 0 Å². The Morgan fingerprint density at radius 1 is 1.62 bits per heavy atom. The van der Waals surface area contributed by atoms with E-state index < -0.39 is 0 Å². The van der Waals surface area contributed by atoms with Gasteiger partial charge in [-0.15, -0.1) is 5.10 Å². The SMILES string of the molecule is CCNC(=O)c1cn(C2CCNCC2)nn1. The third-order valence-corrected chi connectivity index (χ3v) is 2.76. The predicted octanol–water partition coefficient (Wildman–Crippen LogP) is -0.0477. The Morgan fingerprint density at radius 2 is 2.38 bits per heavy atom. The van der Waals surface area contributed by atoms with Gasteiger partial charge in [0.05, 0.1) is 12.2 Å². The van der Waals surface area contributed by atoms with Gasteiger partial charge in [0.2, 0.25) is 0 Å². The highest BCUT2D eigenvalue weighted by Crippen LogP contribution is 2.16. The van der Waals surface area contributed by atoms with Gasteiger partial charge in [0.1, 0.15) is 0 Å². The largest absolute Gasteiger partial charge is 0.351 e. The minimum atomic E-state index is -0.150. The maximum atomic E-state index is 11.5. The molecule has 1 fully saturated rings. The first-order chi connectivity index (χ1) is 7.81. The van der Waals surface area contributed by atoms with Crippen LogP contribution in [0.3, 0.4) is 0 Å². The first-order valence-electron chi connectivity index (χ1n) is 5.72. The standard InChI is InChI=1S/C10H17N5O/c1-2-12-10(16)9-7-15(14-13-9)8-3-5-11-6-4-8/h7-8,11H,2-6H2,1H3,(H,12,16). The fourth-order valence-electron chi connectivity index (χ4n) is 1.88. The number of hydrogen-bond donors (Lipinski definition) is 2. The van der Waals surface area contributed by atoms with Gasteiger partial charge < -0.3 is 10.6 Å². The van der Waals surface area contributed by atoms with E-state index in [0.717, 1.165) is 25.9 Å². The van der Waals surface area contributed by atoms with Crippen molar-refractivity contribution in [3.63, 3.8) is 0 Å². The van der Waals surface area contributed by atoms with Crippen molar-refractivity contribution < 1.29 is 4.79 Å². The smallest absolute Gasteiger partial charge is 0.273 e. The van der Waals surface area contributed by atoms with Crippen LogP contribution in [0.15, 0.2) is 6.20 Å². The molecule has 1 aromatic rings. The van der Waals surface area contributed by atoms with E-state index >= 15 is 0 Å². The molecule has 1 aliphatic heterocycles. The van der Waals surface area contributed by atoms with Crippen molar-refractivity contribution in [2.24, 2.45) is 0 Å². The summed E-state index contributed by atoms with van der Waals surface area (Å²) >= 11 is 0. The molecule has 6 nitrogen and oxygen atoms in total. The lowest BCUT2D eigenvalue weighted by molar-refractivity contribution is 0.0950. The second-order valence-corrected chi connectivity index (χ2v) is 3.92. The molecular weight excluding hydrogens is 206 g/mol. The van der Waals surface area contributed by atoms with Crippen molar-refractivity contribution in [1.82, 2.24) is 25.6 Å². The highest BCUT2D eigenvalue weighted by molar-refractivity contribution is 5.91. The molecule has 2 rings (SSSR count). The maximum absolute atomic E-state index is 11.5. The zero-order valence-corrected chi connectivity index (χ0v) is 9.44. The molecule has 0 radical (unpaired) electrons. The van der Waals surface area contributed by atoms with E-state index in [4.69, 9.17) is 0 Å². The summed E-state index contributed by atoms with van der Waals surface area (Å²) in [7, 11) is 0. The van der Waals surface area contributed by atoms with Crippen molar-refractivity contribution >= 4 is 5.91 Å². The number of hydrogen-bond acceptors (Lipinski definition) is 4. The van der Waals surface area contributed by atoms with E-state index in [1.54, 1.807) is 6.20 Å². The highest BCUT2D eigenvalue weighted by atomic mass is 16.1. The molecule has 0 atom stereocenters. The Balaban J connectivity index is 2.03. The van der Waals surface area contributed by atoms with Crippen LogP contribution in [0.5, 0.6) is 0 Å². The summed E-state index contributed by atoms with van der Waals surface area (Å²) in [6, 6.07) is 0.372. The van der Waals surface area contributed by atoms with E-state index in [2.05, 4.69) is 20.9 Å². The Labute approximate surface area is 94.4 Å². The minimum absolute atomic E-state index is 0.150. The topological polar surface area (TPSA) is 71.8 Å². The summed E-state index contributed by atoms with van der Waals surface area (Å²) in [5, 5.41) is 13.9. The Hall–Kier alpha value is -1.43. The van der Waals surface area contributed by atoms with Gasteiger partial charge >= 0.3 is 0 Å². The van der Waals surface area contributed by atoms with Crippen LogP contribution in [0.1, 0.15) is 36.3 Å². The van der Waals surface area contributed by atoms with Crippen LogP contribution in [0.2, 0.25) is 0 Å². The van der Waals surface area contributed by atoms with Gasteiger partial charge in [-0.2, -0.15) is 0 Å². The molecule has 0 aromatic carbocycles. The van der Waals surface area contributed by atoms with Crippen LogP contribution in [-0.2, 0) is 0 Å². The molecule has 0 unspecified atom stereocenters. The number of piperidine rings is 1. The van der Waals surface area contributed by atoms with E-state index in [-0.39, 0.29) is 5.91 Å². The maximum Gasteiger partial charge on any atom is 0.273 e. The third kappa shape index (κ3) is 2.38. The molecule has 1 amide bonds. The number of nitrogens with one attached hydrogen (secondary N) is 2. The van der Waals surface area contributed by atoms with Crippen LogP contribution in [0.4, 0.5) is 0 Å². The molecule has 0 bridgehead atoms. The summed E-state index contributed by atoms with van der Waals surface area (Å²) in [6.07, 6.45) is 3.82. The predicted molar refractivity (Wildman–Crippen MR) is 59.2 cm³/mol. The Kier molecular flexibility index (Phi) is 3.51. The summed E-state index contributed by atoms with van der Waals surface area (Å²) in [6.45, 7) is 4.50. The van der Waals surface area contributed by atoms with Crippen molar-refractivity contribution in [3.8, 4) is 0 Å². The van der Waals surface area contributed by atoms with E-state index in [0.29, 0.717) is 18.3 Å². The summed E-state index contributed by atoms with van der Waals surface area (Å²) < 4.78 is 1.81. The molecule has 2 N–H and O–H groups in total. The summed E-state index contributed by atoms with van der Waals surface area (Å²) in [5.74, 6) is -0.150. The number of rotatable bonds is 3. The fraction of sp³-hybridized carbons (Fsp3) is 0.700. The monoisotopic (exact) mass is 223 g/mol. The zero-order valence-electron chi connectivity index (χ0n) is 9.44. The van der Waals surface area contributed by atoms with E-state index in [9.17, 15) is 4.79 Å². The average molecular weight is 223 g/mol. The Morgan fingerprint density at radius 3 is 3.06 bits per heavy atom. The quantitative estimate of drug-likeness (QED) is 0.753. The number of carbonyl (C=O) groups excluding carboxylic acids is 1. The summed E-state index contributed by atoms with van der Waals surface area (Å²) in [4.78, 5) is 11.5. The molecule has 2 heterocycles. The van der Waals surface area contributed by atoms with Crippen LogP contribution < -0.4 is 10.6 Å². The molecule has 6 heteroatoms. The van der Waals surface area contributed by atoms with Gasteiger partial charge in [0.25, 0.3) is 5.91 Å². The van der Waals surface area contributed by atoms with Gasteiger partial charge in [-0.25, -0.2) is 4.68 Å². The molecule has 1 aromatic heterocycles. The van der Waals surface area contributed by atoms with Crippen molar-refractivity contribution in [2.75, 3.05) is 19.6 Å². The minimum Gasteiger partial charge on any atom is -0.351 e. The number of carbonyl (C=O) groups is 1. The van der Waals surface area contributed by atoms with Gasteiger partial charge in [-0.1, -0.05) is 5.21 Å². The molecule has 0 aliphatic carbocycles. The molecule has 1 saturated heterocycles. The van der Waals surface area contributed by atoms with Gasteiger partial charge in [-0.05, 0) is 32.9 Å². The zero-order chi connectivity index (χ0) is 11.4. The number of amides is 1. The van der Waals surface area contributed by atoms with Gasteiger partial charge in [0, 0.05) is 6.54 Å². The highest BCUT2D eigenvalue weighted by Gasteiger charge is 2.18. The van der Waals surface area contributed by atoms with Crippen LogP contribution in [-0.4, -0.2) is 40.5 Å². The van der Waals surface area contributed by atoms with Crippen molar-refractivity contribution in [1.29, 1.82) is 0 Å². The molecule has 16 heavy (non-hydrogen) atoms. The molecular formula is C10H17N5O. The van der Waals surface area contributed by atoms with Crippen molar-refractivity contribution in [3.05, 3.63) is 11.9 Å². The number of nitrogens with zero attached hydrogens (tertiary/aromatic N) is 3. The second kappa shape index (κ2) is 5.07. The van der Waals surface area contributed by atoms with Crippen LogP contribution in [0.25, 0.3) is 0 Å². The molecule has 0 spiro atoms. The first kappa shape index (κ1) is 11.1. The van der Waals surface area contributed by atoms with Crippen molar-refractivity contribution in [2.45, 2.75) is 25.8 Å². The third-order valence-electron chi connectivity index (χ3n) is 2.76. The number of aromatic nitrogens is 3. The average Bonchev–Trinajstić information content (AvgIpc) is 2.80. The second-order valence-electron chi connectivity index (χ2n) is 3.92. The summed E-state index contributed by atoms with van der Waals surface area (Å²) in [5.41, 5.74) is 0.403. The van der Waals surface area contributed by atoms with Gasteiger partial charge in [-0.3, -0.25) is 4.79 Å². The normalized spacial score (nSPS) is 17.3. The molecule has 0 saturated carbocycles. The lowest BCUT2D eigenvalue weighted by Gasteiger charge is -2.22. The lowest BCUT2D eigenvalue weighted by atomic mass is 10.1. The van der Waals surface area contributed by atoms with Gasteiger partial charge in [0.15, 0.2) is 5.69 Å². The van der Waals surface area contributed by atoms with E-state index in [1.165, 1.54) is 0 Å². The molecule has 88 valence electrons. The first-order valence-corrected chi connectivity index (χ1v) is 5.72. The van der Waals surface area contributed by atoms with E-state index in [1.807, 2.05) is 11.6 Å². The molecule has 1 aliphatic rings. The lowest BCUT2D eigenvalue weighted by Crippen LogP contribution is -2.29.